The van der Waals surface area contributed by atoms with E-state index in [-0.39, 0.29) is 12.0 Å². The highest BCUT2D eigenvalue weighted by molar-refractivity contribution is 6.14. The van der Waals surface area contributed by atoms with Gasteiger partial charge in [0.1, 0.15) is 79.0 Å². The number of hydrogen-bond acceptors (Lipinski definition) is 19. The molecule has 0 amide bonds. The summed E-state index contributed by atoms with van der Waals surface area (Å²) in [5, 5.41) is 115. The quantitative estimate of drug-likeness (QED) is 0.0823. The lowest BCUT2D eigenvalue weighted by Crippen LogP contribution is -2.66. The normalized spacial score (nSPS) is 48.4. The molecule has 0 aromatic carbocycles. The van der Waals surface area contributed by atoms with Crippen molar-refractivity contribution in [1.82, 2.24) is 5.32 Å². The number of aldehydes is 1. The summed E-state index contributed by atoms with van der Waals surface area (Å²) in [6.45, 7) is 1.96. The molecule has 3 saturated heterocycles. The van der Waals surface area contributed by atoms with Crippen LogP contribution in [0.5, 0.6) is 0 Å². The van der Waals surface area contributed by atoms with Crippen molar-refractivity contribution in [3.63, 3.8) is 0 Å². The Kier molecular flexibility index (Phi) is 11.2. The second kappa shape index (κ2) is 14.2. The molecule has 44 heavy (non-hydrogen) atoms. The fourth-order valence-electron chi connectivity index (χ4n) is 5.37. The van der Waals surface area contributed by atoms with Gasteiger partial charge < -0.3 is 79.9 Å². The highest BCUT2D eigenvalue weighted by atomic mass is 16.7. The second-order valence-electron chi connectivity index (χ2n) is 10.8. The van der Waals surface area contributed by atoms with Crippen molar-refractivity contribution in [1.29, 1.82) is 0 Å². The molecule has 17 atom stereocenters. The molecule has 19 heteroatoms. The number of carbonyl (C=O) groups is 2. The van der Waals surface area contributed by atoms with E-state index >= 15 is 0 Å². The Balaban J connectivity index is 1.43. The molecule has 250 valence electrons. The lowest BCUT2D eigenvalue weighted by atomic mass is 9.88. The fourth-order valence-corrected chi connectivity index (χ4v) is 5.37. The van der Waals surface area contributed by atoms with Crippen LogP contribution < -0.4 is 5.32 Å². The van der Waals surface area contributed by atoms with Gasteiger partial charge in [0.25, 0.3) is 0 Å². The number of hydrogen-bond donors (Lipinski definition) is 12. The molecular formula is C25H37NO18. The van der Waals surface area contributed by atoms with Crippen LogP contribution in [0, 0.1) is 0 Å². The van der Waals surface area contributed by atoms with Crippen LogP contribution in [0.3, 0.4) is 0 Å². The third kappa shape index (κ3) is 6.59. The topological polar surface area (TPSA) is 315 Å². The van der Waals surface area contributed by atoms with E-state index in [1.54, 1.807) is 0 Å². The monoisotopic (exact) mass is 639 g/mol. The Hall–Kier alpha value is -2.02. The molecule has 0 bridgehead atoms. The van der Waals surface area contributed by atoms with Gasteiger partial charge in [0.15, 0.2) is 24.6 Å². The SMILES string of the molecule is C=C1O[C@H](O[C@H]2[C@H](O)[C@@H](O)[C@@H](O[C@H]3[C@H](O)[C@@H](O)[C@H](O)O[C@@H]3CO)O[C@@H]2CO)[C@H](O)[C@@H](O)[C@@H]1N[C@H]1C=C(C=O)C(=O)[C@H](O)[C@H]1O. The Morgan fingerprint density at radius 3 is 1.91 bits per heavy atom. The summed E-state index contributed by atoms with van der Waals surface area (Å²) < 4.78 is 27.0. The van der Waals surface area contributed by atoms with E-state index < -0.39 is 129 Å². The minimum Gasteiger partial charge on any atom is -0.465 e. The van der Waals surface area contributed by atoms with Gasteiger partial charge in [0.05, 0.1) is 30.9 Å². The molecule has 1 aliphatic carbocycles. The third-order valence-corrected chi connectivity index (χ3v) is 7.93. The molecular weight excluding hydrogens is 602 g/mol. The number of Topliss-reactive ketones (excluding diaryl/α,β-unsaturated/α-hetero) is 1. The molecule has 0 aromatic heterocycles. The van der Waals surface area contributed by atoms with Crippen molar-refractivity contribution in [2.45, 2.75) is 104 Å². The smallest absolute Gasteiger partial charge is 0.228 e. The summed E-state index contributed by atoms with van der Waals surface area (Å²) in [7, 11) is 0. The third-order valence-electron chi connectivity index (χ3n) is 7.93. The summed E-state index contributed by atoms with van der Waals surface area (Å²) in [6, 6.07) is -2.62. The number of aliphatic hydroxyl groups is 11. The predicted molar refractivity (Wildman–Crippen MR) is 135 cm³/mol. The summed E-state index contributed by atoms with van der Waals surface area (Å²) in [5.41, 5.74) is -0.438. The molecule has 3 aliphatic heterocycles. The minimum absolute atomic E-state index is 0.177. The number of ether oxygens (including phenoxy) is 5. The van der Waals surface area contributed by atoms with Crippen LogP contribution in [0.2, 0.25) is 0 Å². The zero-order valence-electron chi connectivity index (χ0n) is 22.9. The minimum atomic E-state index is -1.97. The number of aliphatic hydroxyl groups excluding tert-OH is 11. The molecule has 3 fully saturated rings. The van der Waals surface area contributed by atoms with Gasteiger partial charge >= 0.3 is 0 Å². The molecule has 0 aromatic rings. The van der Waals surface area contributed by atoms with Crippen LogP contribution in [0.1, 0.15) is 0 Å². The van der Waals surface area contributed by atoms with Crippen molar-refractivity contribution in [2.75, 3.05) is 13.2 Å². The van der Waals surface area contributed by atoms with Crippen LogP contribution in [-0.4, -0.2) is 186 Å². The predicted octanol–water partition coefficient (Wildman–Crippen LogP) is -8.02. The number of ketones is 1. The van der Waals surface area contributed by atoms with E-state index in [1.807, 2.05) is 0 Å². The van der Waals surface area contributed by atoms with Gasteiger partial charge in [-0.2, -0.15) is 0 Å². The van der Waals surface area contributed by atoms with Crippen molar-refractivity contribution in [3.8, 4) is 0 Å². The van der Waals surface area contributed by atoms with Crippen LogP contribution >= 0.6 is 0 Å². The van der Waals surface area contributed by atoms with E-state index in [1.165, 1.54) is 0 Å². The largest absolute Gasteiger partial charge is 0.465 e. The Bertz CT molecular complexity index is 1070. The Labute approximate surface area is 248 Å². The summed E-state index contributed by atoms with van der Waals surface area (Å²) in [4.78, 5) is 23.1. The molecule has 4 rings (SSSR count). The Morgan fingerprint density at radius 2 is 1.32 bits per heavy atom. The van der Waals surface area contributed by atoms with E-state index in [0.717, 1.165) is 6.08 Å². The molecule has 0 spiro atoms. The first-order chi connectivity index (χ1) is 20.7. The van der Waals surface area contributed by atoms with Gasteiger partial charge in [0, 0.05) is 0 Å². The van der Waals surface area contributed by atoms with Crippen LogP contribution in [0.25, 0.3) is 0 Å². The molecule has 3 heterocycles. The second-order valence-corrected chi connectivity index (χ2v) is 10.8. The summed E-state index contributed by atoms with van der Waals surface area (Å²) >= 11 is 0. The maximum atomic E-state index is 11.9. The molecule has 0 unspecified atom stereocenters. The first-order valence-electron chi connectivity index (χ1n) is 13.5. The van der Waals surface area contributed by atoms with Crippen LogP contribution in [0.4, 0.5) is 0 Å². The van der Waals surface area contributed by atoms with Crippen molar-refractivity contribution < 1.29 is 89.4 Å². The van der Waals surface area contributed by atoms with Crippen LogP contribution in [0.15, 0.2) is 24.0 Å². The molecule has 0 radical (unpaired) electrons. The van der Waals surface area contributed by atoms with Crippen LogP contribution in [-0.2, 0) is 33.3 Å². The Morgan fingerprint density at radius 1 is 0.773 bits per heavy atom. The maximum Gasteiger partial charge on any atom is 0.228 e. The van der Waals surface area contributed by atoms with Gasteiger partial charge in [0.2, 0.25) is 6.29 Å². The molecule has 0 saturated carbocycles. The zero-order valence-corrected chi connectivity index (χ0v) is 22.9. The van der Waals surface area contributed by atoms with Crippen molar-refractivity contribution >= 4 is 12.1 Å². The molecule has 12 N–H and O–H groups in total. The lowest BCUT2D eigenvalue weighted by Gasteiger charge is -2.47. The van der Waals surface area contributed by atoms with E-state index in [2.05, 4.69) is 11.9 Å². The average molecular weight is 640 g/mol. The number of rotatable bonds is 9. The van der Waals surface area contributed by atoms with E-state index in [9.17, 15) is 65.8 Å². The highest BCUT2D eigenvalue weighted by Gasteiger charge is 2.53. The maximum absolute atomic E-state index is 11.9. The standard InChI is InChI=1S/C25H37NO18/c1-6-11(26-8-2-7(3-27)12(30)15(33)13(8)31)14(32)19(37)24(40-6)43-22-10(5-29)42-25(20(38)17(22)35)44-21-9(4-28)41-23(39)18(36)16(21)34/h2-3,8-11,13-26,28-29,31-39H,1,4-5H2/t8-,9+,10+,11+,13-,14-,15-,16+,17+,18+,19+,20+,21+,22+,23+,24+,25+/m0/s1. The zero-order chi connectivity index (χ0) is 32.6. The van der Waals surface area contributed by atoms with Gasteiger partial charge in [-0.25, -0.2) is 0 Å². The van der Waals surface area contributed by atoms with Gasteiger partial charge in [-0.15, -0.1) is 0 Å². The highest BCUT2D eigenvalue weighted by Crippen LogP contribution is 2.33. The van der Waals surface area contributed by atoms with Crippen molar-refractivity contribution in [2.24, 2.45) is 0 Å². The van der Waals surface area contributed by atoms with Gasteiger partial charge in [-0.1, -0.05) is 12.7 Å². The van der Waals surface area contributed by atoms with E-state index in [4.69, 9.17) is 23.7 Å². The lowest BCUT2D eigenvalue weighted by molar-refractivity contribution is -0.368. The first kappa shape index (κ1) is 34.8. The fraction of sp³-hybridized carbons (Fsp3) is 0.760. The molecule has 4 aliphatic rings. The number of carbonyl (C=O) groups excluding carboxylic acids is 2. The van der Waals surface area contributed by atoms with Gasteiger partial charge in [-0.3, -0.25) is 14.9 Å². The van der Waals surface area contributed by atoms with Gasteiger partial charge in [-0.05, 0) is 0 Å². The number of nitrogens with one attached hydrogen (secondary N) is 1. The van der Waals surface area contributed by atoms with E-state index in [0.29, 0.717) is 0 Å². The van der Waals surface area contributed by atoms with Crippen molar-refractivity contribution in [3.05, 3.63) is 24.0 Å². The first-order valence-corrected chi connectivity index (χ1v) is 13.5. The summed E-state index contributed by atoms with van der Waals surface area (Å²) in [6.07, 6.45) is -25.4. The molecule has 19 nitrogen and oxygen atoms in total. The summed E-state index contributed by atoms with van der Waals surface area (Å²) in [5.74, 6) is -1.30. The average Bonchev–Trinajstić information content (AvgIpc) is 3.00.